The normalized spacial score (nSPS) is 20.4. The van der Waals surface area contributed by atoms with Crippen molar-refractivity contribution in [2.45, 2.75) is 37.3 Å². The van der Waals surface area contributed by atoms with Crippen LogP contribution in [0.15, 0.2) is 48.5 Å². The van der Waals surface area contributed by atoms with Gasteiger partial charge in [0.25, 0.3) is 0 Å². The fourth-order valence-corrected chi connectivity index (χ4v) is 3.78. The van der Waals surface area contributed by atoms with Crippen LogP contribution in [0.3, 0.4) is 0 Å². The highest BCUT2D eigenvalue weighted by Gasteiger charge is 2.26. The predicted molar refractivity (Wildman–Crippen MR) is 104 cm³/mol. The van der Waals surface area contributed by atoms with Crippen molar-refractivity contribution in [1.82, 2.24) is 5.32 Å². The number of hydrogen-bond acceptors (Lipinski definition) is 4. The van der Waals surface area contributed by atoms with E-state index in [2.05, 4.69) is 11.4 Å². The second kappa shape index (κ2) is 9.22. The fraction of sp³-hybridized carbons (Fsp3) is 0.381. The first-order chi connectivity index (χ1) is 13.0. The molecule has 0 aromatic heterocycles. The SMILES string of the molecule is O=C(O)COc1cccc(C2CCC(NCC(O)c3cccc(Cl)c3)C2)c1. The van der Waals surface area contributed by atoms with Gasteiger partial charge < -0.3 is 20.3 Å². The second-order valence-electron chi connectivity index (χ2n) is 6.94. The zero-order chi connectivity index (χ0) is 19.2. The van der Waals surface area contributed by atoms with Crippen LogP contribution >= 0.6 is 11.6 Å². The number of aliphatic carboxylic acids is 1. The maximum Gasteiger partial charge on any atom is 0.341 e. The minimum atomic E-state index is -0.983. The van der Waals surface area contributed by atoms with E-state index in [9.17, 15) is 9.90 Å². The molecule has 1 saturated carbocycles. The van der Waals surface area contributed by atoms with Gasteiger partial charge in [-0.2, -0.15) is 0 Å². The highest BCUT2D eigenvalue weighted by molar-refractivity contribution is 6.30. The number of rotatable bonds is 8. The molecule has 0 saturated heterocycles. The van der Waals surface area contributed by atoms with E-state index in [1.807, 2.05) is 24.3 Å². The summed E-state index contributed by atoms with van der Waals surface area (Å²) in [6.45, 7) is 0.152. The summed E-state index contributed by atoms with van der Waals surface area (Å²) in [6.07, 6.45) is 2.47. The summed E-state index contributed by atoms with van der Waals surface area (Å²) >= 11 is 5.98. The molecule has 2 aromatic carbocycles. The first-order valence-electron chi connectivity index (χ1n) is 9.12. The Morgan fingerprint density at radius 3 is 2.81 bits per heavy atom. The maximum absolute atomic E-state index is 10.6. The van der Waals surface area contributed by atoms with Crippen molar-refractivity contribution in [3.63, 3.8) is 0 Å². The molecular weight excluding hydrogens is 366 g/mol. The molecule has 0 spiro atoms. The lowest BCUT2D eigenvalue weighted by molar-refractivity contribution is -0.139. The number of aliphatic hydroxyl groups is 1. The number of nitrogens with one attached hydrogen (secondary N) is 1. The molecule has 144 valence electrons. The second-order valence-corrected chi connectivity index (χ2v) is 7.38. The molecule has 1 aliphatic carbocycles. The van der Waals surface area contributed by atoms with Gasteiger partial charge in [-0.15, -0.1) is 0 Å². The smallest absolute Gasteiger partial charge is 0.341 e. The molecule has 1 fully saturated rings. The summed E-state index contributed by atoms with van der Waals surface area (Å²) in [5.41, 5.74) is 1.98. The molecule has 3 rings (SSSR count). The van der Waals surface area contributed by atoms with E-state index < -0.39 is 12.1 Å². The molecule has 0 radical (unpaired) electrons. The zero-order valence-electron chi connectivity index (χ0n) is 15.0. The molecule has 0 heterocycles. The Hall–Kier alpha value is -2.08. The first kappa shape index (κ1) is 19.7. The van der Waals surface area contributed by atoms with Crippen molar-refractivity contribution in [2.24, 2.45) is 0 Å². The molecule has 2 aromatic rings. The third kappa shape index (κ3) is 5.70. The van der Waals surface area contributed by atoms with Crippen LogP contribution in [-0.2, 0) is 4.79 Å². The van der Waals surface area contributed by atoms with Crippen LogP contribution in [0.5, 0.6) is 5.75 Å². The van der Waals surface area contributed by atoms with Crippen molar-refractivity contribution in [3.8, 4) is 5.75 Å². The number of halogens is 1. The minimum absolute atomic E-state index is 0.334. The van der Waals surface area contributed by atoms with Gasteiger partial charge in [0.2, 0.25) is 0 Å². The van der Waals surface area contributed by atoms with E-state index in [1.54, 1.807) is 18.2 Å². The van der Waals surface area contributed by atoms with Crippen LogP contribution in [-0.4, -0.2) is 35.4 Å². The molecule has 1 aliphatic rings. The molecule has 6 heteroatoms. The summed E-state index contributed by atoms with van der Waals surface area (Å²) in [6, 6.07) is 15.3. The molecule has 3 atom stereocenters. The molecular formula is C21H24ClNO4. The molecule has 27 heavy (non-hydrogen) atoms. The van der Waals surface area contributed by atoms with E-state index in [0.29, 0.717) is 29.3 Å². The number of carboxylic acid groups (broad SMARTS) is 1. The van der Waals surface area contributed by atoms with E-state index in [-0.39, 0.29) is 6.61 Å². The van der Waals surface area contributed by atoms with Crippen LogP contribution in [0.1, 0.15) is 42.4 Å². The Morgan fingerprint density at radius 2 is 2.04 bits per heavy atom. The Kier molecular flexibility index (Phi) is 6.72. The van der Waals surface area contributed by atoms with Crippen molar-refractivity contribution < 1.29 is 19.7 Å². The predicted octanol–water partition coefficient (Wildman–Crippen LogP) is 3.76. The van der Waals surface area contributed by atoms with Gasteiger partial charge >= 0.3 is 5.97 Å². The van der Waals surface area contributed by atoms with Gasteiger partial charge in [-0.1, -0.05) is 35.9 Å². The topological polar surface area (TPSA) is 78.8 Å². The van der Waals surface area contributed by atoms with E-state index >= 15 is 0 Å². The average molecular weight is 390 g/mol. The fourth-order valence-electron chi connectivity index (χ4n) is 3.58. The van der Waals surface area contributed by atoms with Crippen molar-refractivity contribution in [2.75, 3.05) is 13.2 Å². The summed E-state index contributed by atoms with van der Waals surface area (Å²) in [5.74, 6) is 0.00525. The van der Waals surface area contributed by atoms with Crippen LogP contribution in [0.4, 0.5) is 0 Å². The Morgan fingerprint density at radius 1 is 1.22 bits per heavy atom. The minimum Gasteiger partial charge on any atom is -0.482 e. The van der Waals surface area contributed by atoms with Gasteiger partial charge in [-0.25, -0.2) is 4.79 Å². The lowest BCUT2D eigenvalue weighted by Crippen LogP contribution is -2.30. The van der Waals surface area contributed by atoms with Gasteiger partial charge in [-0.3, -0.25) is 0 Å². The lowest BCUT2D eigenvalue weighted by atomic mass is 9.97. The molecule has 5 nitrogen and oxygen atoms in total. The zero-order valence-corrected chi connectivity index (χ0v) is 15.7. The van der Waals surface area contributed by atoms with Crippen LogP contribution in [0.2, 0.25) is 5.02 Å². The molecule has 0 amide bonds. The number of benzene rings is 2. The summed E-state index contributed by atoms with van der Waals surface area (Å²) in [4.78, 5) is 10.6. The number of carboxylic acids is 1. The first-order valence-corrected chi connectivity index (χ1v) is 9.50. The Balaban J connectivity index is 1.51. The van der Waals surface area contributed by atoms with Gasteiger partial charge in [0.1, 0.15) is 5.75 Å². The third-order valence-corrected chi connectivity index (χ3v) is 5.19. The van der Waals surface area contributed by atoms with Crippen LogP contribution in [0.25, 0.3) is 0 Å². The third-order valence-electron chi connectivity index (χ3n) is 4.96. The summed E-state index contributed by atoms with van der Waals surface area (Å²) in [5, 5.41) is 23.1. The number of carbonyl (C=O) groups is 1. The quantitative estimate of drug-likeness (QED) is 0.640. The highest BCUT2D eigenvalue weighted by atomic mass is 35.5. The van der Waals surface area contributed by atoms with Crippen LogP contribution < -0.4 is 10.1 Å². The average Bonchev–Trinajstić information content (AvgIpc) is 3.14. The summed E-state index contributed by atoms with van der Waals surface area (Å²) < 4.78 is 5.27. The summed E-state index contributed by atoms with van der Waals surface area (Å²) in [7, 11) is 0. The van der Waals surface area contributed by atoms with E-state index in [1.165, 1.54) is 0 Å². The van der Waals surface area contributed by atoms with Gasteiger partial charge in [0.15, 0.2) is 6.61 Å². The van der Waals surface area contributed by atoms with Gasteiger partial charge in [-0.05, 0) is 60.6 Å². The van der Waals surface area contributed by atoms with Crippen molar-refractivity contribution in [1.29, 1.82) is 0 Å². The number of hydrogen-bond donors (Lipinski definition) is 3. The monoisotopic (exact) mass is 389 g/mol. The molecule has 0 bridgehead atoms. The standard InChI is InChI=1S/C21H24ClNO4/c22-17-5-1-4-16(9-17)20(24)12-23-18-8-7-15(10-18)14-3-2-6-19(11-14)27-13-21(25)26/h1-6,9,11,15,18,20,23-24H,7-8,10,12-13H2,(H,25,26). The molecule has 0 aliphatic heterocycles. The Bertz CT molecular complexity index is 782. The Labute approximate surface area is 163 Å². The number of ether oxygens (including phenoxy) is 1. The van der Waals surface area contributed by atoms with E-state index in [4.69, 9.17) is 21.4 Å². The van der Waals surface area contributed by atoms with E-state index in [0.717, 1.165) is 30.4 Å². The van der Waals surface area contributed by atoms with Gasteiger partial charge in [0, 0.05) is 17.6 Å². The lowest BCUT2D eigenvalue weighted by Gasteiger charge is -2.17. The largest absolute Gasteiger partial charge is 0.482 e. The van der Waals surface area contributed by atoms with Crippen molar-refractivity contribution in [3.05, 3.63) is 64.7 Å². The highest BCUT2D eigenvalue weighted by Crippen LogP contribution is 2.36. The molecule has 3 N–H and O–H groups in total. The van der Waals surface area contributed by atoms with Crippen molar-refractivity contribution >= 4 is 17.6 Å². The maximum atomic E-state index is 10.6. The number of aliphatic hydroxyl groups excluding tert-OH is 1. The van der Waals surface area contributed by atoms with Gasteiger partial charge in [0.05, 0.1) is 6.10 Å². The molecule has 3 unspecified atom stereocenters. The van der Waals surface area contributed by atoms with Crippen LogP contribution in [0, 0.1) is 0 Å².